The second kappa shape index (κ2) is 10.1. The number of hydrogen-bond acceptors (Lipinski definition) is 4. The van der Waals surface area contributed by atoms with Crippen LogP contribution in [0.4, 0.5) is 0 Å². The standard InChI is InChI=1S/C25H40N4O2/c1-18(26-5)23(30)27-22(25(2,3)4)24(31)29-16-13-20-12-15-28(17-21(20)29)14-11-19-9-7-6-8-10-19/h6-10,18,20-22,26H,11-17H2,1-5H3,(H,27,30)/t18?,20-,21-,22?/m1/s1. The van der Waals surface area contributed by atoms with Crippen molar-refractivity contribution < 1.29 is 9.59 Å². The molecule has 2 fully saturated rings. The topological polar surface area (TPSA) is 64.7 Å². The van der Waals surface area contributed by atoms with Gasteiger partial charge in [0.25, 0.3) is 0 Å². The van der Waals surface area contributed by atoms with Gasteiger partial charge in [0.1, 0.15) is 6.04 Å². The summed E-state index contributed by atoms with van der Waals surface area (Å²) in [7, 11) is 1.76. The van der Waals surface area contributed by atoms with Gasteiger partial charge in [0.2, 0.25) is 11.8 Å². The van der Waals surface area contributed by atoms with Gasteiger partial charge in [-0.2, -0.15) is 0 Å². The number of nitrogens with zero attached hydrogens (tertiary/aromatic N) is 2. The highest BCUT2D eigenvalue weighted by Crippen LogP contribution is 2.34. The Hall–Kier alpha value is -1.92. The van der Waals surface area contributed by atoms with Crippen molar-refractivity contribution in [2.24, 2.45) is 11.3 Å². The quantitative estimate of drug-likeness (QED) is 0.699. The molecule has 6 heteroatoms. The average molecular weight is 429 g/mol. The summed E-state index contributed by atoms with van der Waals surface area (Å²) in [5, 5.41) is 6.00. The summed E-state index contributed by atoms with van der Waals surface area (Å²) < 4.78 is 0. The monoisotopic (exact) mass is 428 g/mol. The Morgan fingerprint density at radius 3 is 2.45 bits per heavy atom. The largest absolute Gasteiger partial charge is 0.342 e. The van der Waals surface area contributed by atoms with E-state index < -0.39 is 6.04 Å². The number of fused-ring (bicyclic) bond motifs is 1. The zero-order valence-corrected chi connectivity index (χ0v) is 19.9. The predicted molar refractivity (Wildman–Crippen MR) is 125 cm³/mol. The van der Waals surface area contributed by atoms with Crippen molar-refractivity contribution in [3.8, 4) is 0 Å². The minimum atomic E-state index is -0.519. The maximum Gasteiger partial charge on any atom is 0.245 e. The maximum atomic E-state index is 13.7. The van der Waals surface area contributed by atoms with Crippen LogP contribution in [0.3, 0.4) is 0 Å². The average Bonchev–Trinajstić information content (AvgIpc) is 3.18. The van der Waals surface area contributed by atoms with E-state index in [0.717, 1.165) is 45.4 Å². The fraction of sp³-hybridized carbons (Fsp3) is 0.680. The number of hydrogen-bond donors (Lipinski definition) is 2. The van der Waals surface area contributed by atoms with Crippen LogP contribution in [-0.2, 0) is 16.0 Å². The van der Waals surface area contributed by atoms with Gasteiger partial charge in [0, 0.05) is 25.7 Å². The lowest BCUT2D eigenvalue weighted by Crippen LogP contribution is -2.60. The molecule has 172 valence electrons. The second-order valence-electron chi connectivity index (χ2n) is 10.3. The summed E-state index contributed by atoms with van der Waals surface area (Å²) in [6.45, 7) is 11.8. The Bertz CT molecular complexity index is 746. The van der Waals surface area contributed by atoms with E-state index >= 15 is 0 Å². The summed E-state index contributed by atoms with van der Waals surface area (Å²) in [5.41, 5.74) is 1.01. The number of likely N-dealkylation sites (tertiary alicyclic amines) is 2. The lowest BCUT2D eigenvalue weighted by atomic mass is 9.85. The third-order valence-corrected chi connectivity index (χ3v) is 7.02. The van der Waals surface area contributed by atoms with Crippen LogP contribution in [0.5, 0.6) is 0 Å². The molecule has 1 aromatic rings. The molecule has 31 heavy (non-hydrogen) atoms. The molecule has 2 amide bonds. The van der Waals surface area contributed by atoms with E-state index in [4.69, 9.17) is 0 Å². The van der Waals surface area contributed by atoms with E-state index in [1.54, 1.807) is 7.05 Å². The summed E-state index contributed by atoms with van der Waals surface area (Å²) >= 11 is 0. The van der Waals surface area contributed by atoms with E-state index in [1.807, 2.05) is 27.7 Å². The third kappa shape index (κ3) is 5.86. The van der Waals surface area contributed by atoms with Crippen LogP contribution in [0.2, 0.25) is 0 Å². The van der Waals surface area contributed by atoms with Crippen molar-refractivity contribution in [3.63, 3.8) is 0 Å². The van der Waals surface area contributed by atoms with Crippen molar-refractivity contribution in [2.75, 3.05) is 33.2 Å². The second-order valence-corrected chi connectivity index (χ2v) is 10.3. The van der Waals surface area contributed by atoms with Crippen molar-refractivity contribution in [1.82, 2.24) is 20.4 Å². The van der Waals surface area contributed by atoms with Gasteiger partial charge < -0.3 is 20.4 Å². The normalized spacial score (nSPS) is 23.8. The number of rotatable bonds is 7. The fourth-order valence-corrected chi connectivity index (χ4v) is 4.83. The number of nitrogens with one attached hydrogen (secondary N) is 2. The molecule has 2 aliphatic rings. The number of piperidine rings is 1. The van der Waals surface area contributed by atoms with Gasteiger partial charge >= 0.3 is 0 Å². The first-order chi connectivity index (χ1) is 14.7. The smallest absolute Gasteiger partial charge is 0.245 e. The van der Waals surface area contributed by atoms with Gasteiger partial charge in [-0.25, -0.2) is 0 Å². The molecular formula is C25H40N4O2. The van der Waals surface area contributed by atoms with Gasteiger partial charge in [-0.15, -0.1) is 0 Å². The maximum absolute atomic E-state index is 13.7. The Morgan fingerprint density at radius 2 is 1.81 bits per heavy atom. The molecule has 0 bridgehead atoms. The lowest BCUT2D eigenvalue weighted by Gasteiger charge is -2.41. The Labute approximate surface area is 187 Å². The van der Waals surface area contributed by atoms with Gasteiger partial charge in [-0.05, 0) is 56.7 Å². The van der Waals surface area contributed by atoms with Gasteiger partial charge in [0.05, 0.1) is 6.04 Å². The highest BCUT2D eigenvalue weighted by atomic mass is 16.2. The summed E-state index contributed by atoms with van der Waals surface area (Å²) in [5.74, 6) is 0.519. The number of likely N-dealkylation sites (N-methyl/N-ethyl adjacent to an activating group) is 1. The van der Waals surface area contributed by atoms with Crippen LogP contribution in [0.25, 0.3) is 0 Å². The predicted octanol–water partition coefficient (Wildman–Crippen LogP) is 2.29. The van der Waals surface area contributed by atoms with Crippen LogP contribution in [0.1, 0.15) is 46.1 Å². The molecule has 1 aromatic carbocycles. The molecule has 2 saturated heterocycles. The zero-order chi connectivity index (χ0) is 22.6. The molecule has 2 aliphatic heterocycles. The number of benzene rings is 1. The highest BCUT2D eigenvalue weighted by molar-refractivity contribution is 5.90. The number of amides is 2. The lowest BCUT2D eigenvalue weighted by molar-refractivity contribution is -0.141. The Morgan fingerprint density at radius 1 is 1.13 bits per heavy atom. The number of carbonyl (C=O) groups excluding carboxylic acids is 2. The molecule has 0 aliphatic carbocycles. The van der Waals surface area contributed by atoms with Crippen LogP contribution in [-0.4, -0.2) is 73.0 Å². The van der Waals surface area contributed by atoms with E-state index in [-0.39, 0.29) is 29.3 Å². The molecule has 0 saturated carbocycles. The summed E-state index contributed by atoms with van der Waals surface area (Å²) in [4.78, 5) is 30.8. The third-order valence-electron chi connectivity index (χ3n) is 7.02. The Balaban J connectivity index is 1.66. The molecule has 0 spiro atoms. The van der Waals surface area contributed by atoms with Crippen molar-refractivity contribution in [1.29, 1.82) is 0 Å². The first-order valence-electron chi connectivity index (χ1n) is 11.7. The molecule has 2 unspecified atom stereocenters. The summed E-state index contributed by atoms with van der Waals surface area (Å²) in [6, 6.07) is 10.0. The highest BCUT2D eigenvalue weighted by Gasteiger charge is 2.45. The molecule has 3 rings (SSSR count). The van der Waals surface area contributed by atoms with E-state index in [2.05, 4.69) is 50.8 Å². The molecule has 2 heterocycles. The fourth-order valence-electron chi connectivity index (χ4n) is 4.83. The molecule has 0 aromatic heterocycles. The van der Waals surface area contributed by atoms with Crippen molar-refractivity contribution in [3.05, 3.63) is 35.9 Å². The first-order valence-corrected chi connectivity index (χ1v) is 11.7. The number of carbonyl (C=O) groups is 2. The van der Waals surface area contributed by atoms with Crippen LogP contribution >= 0.6 is 0 Å². The zero-order valence-electron chi connectivity index (χ0n) is 19.9. The summed E-state index contributed by atoms with van der Waals surface area (Å²) in [6.07, 6.45) is 3.25. The molecule has 6 nitrogen and oxygen atoms in total. The van der Waals surface area contributed by atoms with Gasteiger partial charge in [-0.3, -0.25) is 9.59 Å². The molecule has 4 atom stereocenters. The van der Waals surface area contributed by atoms with Gasteiger partial charge in [-0.1, -0.05) is 51.1 Å². The minimum absolute atomic E-state index is 0.0709. The van der Waals surface area contributed by atoms with Crippen molar-refractivity contribution in [2.45, 2.75) is 65.1 Å². The molecular weight excluding hydrogens is 388 g/mol. The van der Waals surface area contributed by atoms with E-state index in [9.17, 15) is 9.59 Å². The van der Waals surface area contributed by atoms with Crippen LogP contribution < -0.4 is 10.6 Å². The first kappa shape index (κ1) is 23.7. The van der Waals surface area contributed by atoms with Crippen LogP contribution in [0.15, 0.2) is 30.3 Å². The van der Waals surface area contributed by atoms with Crippen molar-refractivity contribution >= 4 is 11.8 Å². The Kier molecular flexibility index (Phi) is 7.76. The van der Waals surface area contributed by atoms with E-state index in [0.29, 0.717) is 5.92 Å². The molecule has 2 N–H and O–H groups in total. The van der Waals surface area contributed by atoms with E-state index in [1.165, 1.54) is 5.56 Å². The SMILES string of the molecule is CNC(C)C(=O)NC(C(=O)N1CC[C@H]2CCN(CCc3ccccc3)C[C@H]21)C(C)(C)C. The molecule has 0 radical (unpaired) electrons. The van der Waals surface area contributed by atoms with Gasteiger partial charge in [0.15, 0.2) is 0 Å². The van der Waals surface area contributed by atoms with Crippen LogP contribution in [0, 0.1) is 11.3 Å². The minimum Gasteiger partial charge on any atom is -0.342 e.